The third-order valence-corrected chi connectivity index (χ3v) is 3.71. The van der Waals surface area contributed by atoms with Crippen LogP contribution in [-0.4, -0.2) is 26.2 Å². The minimum atomic E-state index is -1.18. The van der Waals surface area contributed by atoms with Gasteiger partial charge in [0, 0.05) is 5.92 Å². The van der Waals surface area contributed by atoms with Gasteiger partial charge in [0.1, 0.15) is 0 Å². The summed E-state index contributed by atoms with van der Waals surface area (Å²) in [4.78, 5) is 23.8. The van der Waals surface area contributed by atoms with E-state index in [0.717, 1.165) is 11.1 Å². The molecule has 1 aliphatic carbocycles. The smallest absolute Gasteiger partial charge is 0.324 e. The molecule has 0 spiro atoms. The molecule has 0 saturated heterocycles. The highest BCUT2D eigenvalue weighted by atomic mass is 16.5. The number of methoxy groups -OCH3 is 2. The lowest BCUT2D eigenvalue weighted by molar-refractivity contribution is -0.171. The predicted molar refractivity (Wildman–Crippen MR) is 58.6 cm³/mol. The maximum atomic E-state index is 11.9. The largest absolute Gasteiger partial charge is 0.468 e. The fraction of sp³-hybridized carbons (Fsp3) is 0.667. The van der Waals surface area contributed by atoms with E-state index in [4.69, 9.17) is 9.47 Å². The van der Waals surface area contributed by atoms with E-state index in [0.29, 0.717) is 6.42 Å². The van der Waals surface area contributed by atoms with E-state index in [1.54, 1.807) is 0 Å². The average molecular weight is 226 g/mol. The van der Waals surface area contributed by atoms with Gasteiger partial charge < -0.3 is 9.47 Å². The molecule has 0 heterocycles. The summed E-state index contributed by atoms with van der Waals surface area (Å²) in [6, 6.07) is 0. The summed E-state index contributed by atoms with van der Waals surface area (Å²) in [5.41, 5.74) is 0.941. The van der Waals surface area contributed by atoms with Crippen LogP contribution in [0, 0.1) is 11.3 Å². The Morgan fingerprint density at radius 2 is 1.62 bits per heavy atom. The van der Waals surface area contributed by atoms with Gasteiger partial charge in [0.2, 0.25) is 0 Å². The van der Waals surface area contributed by atoms with Crippen LogP contribution < -0.4 is 0 Å². The van der Waals surface area contributed by atoms with Gasteiger partial charge in [0.15, 0.2) is 5.41 Å². The molecule has 0 bridgehead atoms. The van der Waals surface area contributed by atoms with Crippen molar-refractivity contribution in [3.05, 3.63) is 11.1 Å². The first-order valence-electron chi connectivity index (χ1n) is 5.24. The average Bonchev–Trinajstić information content (AvgIpc) is 2.52. The first-order chi connectivity index (χ1) is 7.41. The molecule has 4 nitrogen and oxygen atoms in total. The lowest BCUT2D eigenvalue weighted by Crippen LogP contribution is -2.44. The third-order valence-electron chi connectivity index (χ3n) is 3.71. The van der Waals surface area contributed by atoms with Crippen LogP contribution in [0.2, 0.25) is 0 Å². The minimum Gasteiger partial charge on any atom is -0.468 e. The quantitative estimate of drug-likeness (QED) is 0.408. The Bertz CT molecular complexity index is 338. The molecule has 4 heteroatoms. The Balaban J connectivity index is 3.21. The van der Waals surface area contributed by atoms with E-state index >= 15 is 0 Å². The molecule has 0 aromatic rings. The van der Waals surface area contributed by atoms with Gasteiger partial charge in [-0.15, -0.1) is 0 Å². The van der Waals surface area contributed by atoms with Crippen molar-refractivity contribution < 1.29 is 19.1 Å². The lowest BCUT2D eigenvalue weighted by atomic mass is 9.76. The Kier molecular flexibility index (Phi) is 3.41. The van der Waals surface area contributed by atoms with Crippen molar-refractivity contribution in [1.82, 2.24) is 0 Å². The molecule has 1 aliphatic rings. The maximum Gasteiger partial charge on any atom is 0.324 e. The Morgan fingerprint density at radius 1 is 1.19 bits per heavy atom. The van der Waals surface area contributed by atoms with Crippen LogP contribution in [0.3, 0.4) is 0 Å². The van der Waals surface area contributed by atoms with E-state index in [1.807, 2.05) is 20.8 Å². The molecule has 1 atom stereocenters. The molecule has 0 aromatic heterocycles. The van der Waals surface area contributed by atoms with Gasteiger partial charge in [-0.05, 0) is 20.3 Å². The molecule has 0 amide bonds. The van der Waals surface area contributed by atoms with Crippen LogP contribution in [0.4, 0.5) is 0 Å². The minimum absolute atomic E-state index is 0.174. The van der Waals surface area contributed by atoms with Gasteiger partial charge in [0.25, 0.3) is 0 Å². The molecule has 0 radical (unpaired) electrons. The van der Waals surface area contributed by atoms with Crippen LogP contribution in [0.5, 0.6) is 0 Å². The molecular weight excluding hydrogens is 208 g/mol. The summed E-state index contributed by atoms with van der Waals surface area (Å²) < 4.78 is 9.52. The Hall–Kier alpha value is -1.32. The highest BCUT2D eigenvalue weighted by Gasteiger charge is 2.56. The zero-order valence-electron chi connectivity index (χ0n) is 10.4. The van der Waals surface area contributed by atoms with Crippen molar-refractivity contribution >= 4 is 11.9 Å². The van der Waals surface area contributed by atoms with Gasteiger partial charge in [-0.1, -0.05) is 18.1 Å². The highest BCUT2D eigenvalue weighted by molar-refractivity contribution is 6.01. The van der Waals surface area contributed by atoms with Crippen molar-refractivity contribution in [1.29, 1.82) is 0 Å². The molecule has 16 heavy (non-hydrogen) atoms. The number of allylic oxidation sites excluding steroid dienone is 2. The molecule has 0 aliphatic heterocycles. The normalized spacial score (nSPS) is 23.2. The Labute approximate surface area is 95.6 Å². The van der Waals surface area contributed by atoms with E-state index < -0.39 is 17.4 Å². The summed E-state index contributed by atoms with van der Waals surface area (Å²) in [5.74, 6) is -1.20. The highest BCUT2D eigenvalue weighted by Crippen LogP contribution is 2.48. The fourth-order valence-electron chi connectivity index (χ4n) is 2.40. The van der Waals surface area contributed by atoms with Gasteiger partial charge >= 0.3 is 11.9 Å². The van der Waals surface area contributed by atoms with E-state index in [9.17, 15) is 9.59 Å². The first-order valence-corrected chi connectivity index (χ1v) is 5.24. The number of carbonyl (C=O) groups excluding carboxylic acids is 2. The zero-order valence-corrected chi connectivity index (χ0v) is 10.4. The topological polar surface area (TPSA) is 52.6 Å². The van der Waals surface area contributed by atoms with Crippen molar-refractivity contribution in [2.75, 3.05) is 14.2 Å². The molecule has 90 valence electrons. The van der Waals surface area contributed by atoms with Gasteiger partial charge in [-0.2, -0.15) is 0 Å². The molecule has 0 N–H and O–H groups in total. The van der Waals surface area contributed by atoms with Crippen molar-refractivity contribution in [2.45, 2.75) is 27.2 Å². The van der Waals surface area contributed by atoms with Crippen molar-refractivity contribution in [3.8, 4) is 0 Å². The summed E-state index contributed by atoms with van der Waals surface area (Å²) in [5, 5.41) is 0. The molecular formula is C12H18O4. The van der Waals surface area contributed by atoms with Crippen molar-refractivity contribution in [2.24, 2.45) is 11.3 Å². The van der Waals surface area contributed by atoms with Crippen LogP contribution in [0.1, 0.15) is 27.2 Å². The predicted octanol–water partition coefficient (Wildman–Crippen LogP) is 1.69. The zero-order chi connectivity index (χ0) is 12.5. The van der Waals surface area contributed by atoms with Crippen molar-refractivity contribution in [3.63, 3.8) is 0 Å². The standard InChI is InChI=1S/C12H18O4/c1-7-6-12(10(13)15-4,11(14)16-5)9(3)8(7)2/h9H,6H2,1-5H3. The number of hydrogen-bond acceptors (Lipinski definition) is 4. The Morgan fingerprint density at radius 3 is 1.88 bits per heavy atom. The van der Waals surface area contributed by atoms with E-state index in [1.165, 1.54) is 14.2 Å². The van der Waals surface area contributed by atoms with Gasteiger partial charge in [-0.25, -0.2) is 0 Å². The summed E-state index contributed by atoms with van der Waals surface area (Å²) in [7, 11) is 2.59. The number of esters is 2. The number of hydrogen-bond donors (Lipinski definition) is 0. The van der Waals surface area contributed by atoms with Crippen LogP contribution in [0.25, 0.3) is 0 Å². The second-order valence-corrected chi connectivity index (χ2v) is 4.32. The molecule has 0 aromatic carbocycles. The molecule has 1 rings (SSSR count). The lowest BCUT2D eigenvalue weighted by Gasteiger charge is -2.28. The molecule has 0 fully saturated rings. The van der Waals surface area contributed by atoms with E-state index in [-0.39, 0.29) is 5.92 Å². The van der Waals surface area contributed by atoms with Gasteiger partial charge in [0.05, 0.1) is 14.2 Å². The molecule has 1 unspecified atom stereocenters. The maximum absolute atomic E-state index is 11.9. The first kappa shape index (κ1) is 12.7. The molecule has 0 saturated carbocycles. The second kappa shape index (κ2) is 4.28. The van der Waals surface area contributed by atoms with Crippen LogP contribution >= 0.6 is 0 Å². The summed E-state index contributed by atoms with van der Waals surface area (Å²) in [6.07, 6.45) is 0.388. The fourth-order valence-corrected chi connectivity index (χ4v) is 2.40. The second-order valence-electron chi connectivity index (χ2n) is 4.32. The number of ether oxygens (including phenoxy) is 2. The third kappa shape index (κ3) is 1.52. The number of carbonyl (C=O) groups is 2. The SMILES string of the molecule is COC(=O)C1(C(=O)OC)CC(C)=C(C)C1C. The van der Waals surface area contributed by atoms with Crippen LogP contribution in [0.15, 0.2) is 11.1 Å². The summed E-state index contributed by atoms with van der Waals surface area (Å²) in [6.45, 7) is 5.73. The van der Waals surface area contributed by atoms with Gasteiger partial charge in [-0.3, -0.25) is 9.59 Å². The monoisotopic (exact) mass is 226 g/mol. The summed E-state index contributed by atoms with van der Waals surface area (Å²) >= 11 is 0. The van der Waals surface area contributed by atoms with E-state index in [2.05, 4.69) is 0 Å². The number of rotatable bonds is 2. The van der Waals surface area contributed by atoms with Crippen LogP contribution in [-0.2, 0) is 19.1 Å².